The third-order valence-corrected chi connectivity index (χ3v) is 6.84. The molecule has 0 atom stereocenters. The molecule has 7 nitrogen and oxygen atoms in total. The number of carbonyl (C=O) groups excluding carboxylic acids is 2. The van der Waals surface area contributed by atoms with Crippen molar-refractivity contribution in [2.24, 2.45) is 0 Å². The summed E-state index contributed by atoms with van der Waals surface area (Å²) in [5.41, 5.74) is 8.91. The van der Waals surface area contributed by atoms with Crippen LogP contribution >= 0.6 is 11.8 Å². The number of Topliss-reactive ketones (excluding diaryl/α,β-unsaturated/α-hetero) is 1. The fourth-order valence-electron chi connectivity index (χ4n) is 4.00. The molecule has 9 heteroatoms. The molecule has 2 N–H and O–H groups in total. The van der Waals surface area contributed by atoms with Crippen molar-refractivity contribution < 1.29 is 53.4 Å². The number of hydrogen-bond donors (Lipinski definition) is 1. The second-order valence-corrected chi connectivity index (χ2v) is 9.43. The standard InChI is InChI=1S/C27H31NO6S.Na/c1-4-7-19-22(11-9-18-21(30)15-23(27(31)32)34-26(18)19)33-13-6-14-35-24-12-10-17(16(3)29)25(28)20(24)8-5-2;/h9-12,15H,4-8,13-14,28H2,1-3H3,(H,31,32);/q;+1/p-1. The van der Waals surface area contributed by atoms with Gasteiger partial charge < -0.3 is 24.8 Å². The Hall–Kier alpha value is -2.26. The van der Waals surface area contributed by atoms with Crippen LogP contribution in [0.25, 0.3) is 11.0 Å². The topological polar surface area (TPSA) is 123 Å². The molecule has 3 rings (SSSR count). The number of benzene rings is 2. The van der Waals surface area contributed by atoms with Crippen molar-refractivity contribution in [3.63, 3.8) is 0 Å². The van der Waals surface area contributed by atoms with Crippen molar-refractivity contribution in [3.8, 4) is 5.75 Å². The van der Waals surface area contributed by atoms with E-state index in [2.05, 4.69) is 6.92 Å². The summed E-state index contributed by atoms with van der Waals surface area (Å²) in [6.45, 7) is 6.02. The summed E-state index contributed by atoms with van der Waals surface area (Å²) in [7, 11) is 0. The first kappa shape index (κ1) is 30.0. The Balaban J connectivity index is 0.00000456. The van der Waals surface area contributed by atoms with Gasteiger partial charge in [-0.3, -0.25) is 9.59 Å². The zero-order chi connectivity index (χ0) is 25.5. The van der Waals surface area contributed by atoms with Crippen LogP contribution in [0.2, 0.25) is 0 Å². The average Bonchev–Trinajstić information content (AvgIpc) is 2.81. The van der Waals surface area contributed by atoms with Crippen LogP contribution in [0.5, 0.6) is 5.75 Å². The smallest absolute Gasteiger partial charge is 0.542 e. The average molecular weight is 520 g/mol. The van der Waals surface area contributed by atoms with Gasteiger partial charge in [0.05, 0.1) is 12.0 Å². The number of fused-ring (bicyclic) bond motifs is 1. The SMILES string of the molecule is CCCc1c(SCCCOc2ccc3c(=O)cc(C(=O)[O-])oc3c2CCC)ccc(C(C)=O)c1N.[Na+]. The van der Waals surface area contributed by atoms with Crippen LogP contribution in [0.1, 0.15) is 72.1 Å². The van der Waals surface area contributed by atoms with Gasteiger partial charge >= 0.3 is 29.6 Å². The monoisotopic (exact) mass is 519 g/mol. The molecule has 0 bridgehead atoms. The Morgan fingerprint density at radius 1 is 1.08 bits per heavy atom. The van der Waals surface area contributed by atoms with E-state index in [1.807, 2.05) is 13.0 Å². The van der Waals surface area contributed by atoms with E-state index in [-0.39, 0.29) is 40.9 Å². The number of aromatic carboxylic acids is 1. The number of ketones is 1. The molecular weight excluding hydrogens is 489 g/mol. The third kappa shape index (κ3) is 6.94. The van der Waals surface area contributed by atoms with Crippen molar-refractivity contribution in [1.29, 1.82) is 0 Å². The van der Waals surface area contributed by atoms with Crippen LogP contribution in [0, 0.1) is 0 Å². The van der Waals surface area contributed by atoms with Crippen molar-refractivity contribution in [2.75, 3.05) is 18.1 Å². The summed E-state index contributed by atoms with van der Waals surface area (Å²) in [4.78, 5) is 36.5. The molecule has 0 radical (unpaired) electrons. The zero-order valence-electron chi connectivity index (χ0n) is 21.3. The number of aryl methyl sites for hydroxylation is 1. The second kappa shape index (κ2) is 13.9. The molecule has 0 unspecified atom stereocenters. The fourth-order valence-corrected chi connectivity index (χ4v) is 5.03. The molecule has 0 amide bonds. The maximum atomic E-state index is 12.3. The first-order valence-electron chi connectivity index (χ1n) is 11.8. The first-order chi connectivity index (χ1) is 16.8. The Labute approximate surface area is 237 Å². The third-order valence-electron chi connectivity index (χ3n) is 5.66. The van der Waals surface area contributed by atoms with E-state index in [4.69, 9.17) is 14.9 Å². The van der Waals surface area contributed by atoms with Gasteiger partial charge in [-0.15, -0.1) is 11.8 Å². The van der Waals surface area contributed by atoms with Gasteiger partial charge in [0.25, 0.3) is 0 Å². The first-order valence-corrected chi connectivity index (χ1v) is 12.8. The quantitative estimate of drug-likeness (QED) is 0.125. The molecule has 186 valence electrons. The normalized spacial score (nSPS) is 10.8. The van der Waals surface area contributed by atoms with E-state index in [1.165, 1.54) is 6.92 Å². The fraction of sp³-hybridized carbons (Fsp3) is 0.370. The molecular formula is C27H30NNaO6S. The largest absolute Gasteiger partial charge is 1.00 e. The number of anilines is 1. The molecule has 2 aromatic carbocycles. The molecule has 3 aromatic rings. The predicted molar refractivity (Wildman–Crippen MR) is 136 cm³/mol. The number of nitrogens with two attached hydrogens (primary N) is 1. The number of carboxylic acids is 1. The number of ether oxygens (including phenoxy) is 1. The van der Waals surface area contributed by atoms with Crippen molar-refractivity contribution in [3.05, 3.63) is 63.0 Å². The molecule has 1 heterocycles. The second-order valence-electron chi connectivity index (χ2n) is 8.29. The summed E-state index contributed by atoms with van der Waals surface area (Å²) >= 11 is 1.68. The van der Waals surface area contributed by atoms with Gasteiger partial charge in [-0.2, -0.15) is 0 Å². The van der Waals surface area contributed by atoms with Gasteiger partial charge in [-0.25, -0.2) is 0 Å². The molecule has 0 saturated heterocycles. The molecule has 0 spiro atoms. The van der Waals surface area contributed by atoms with Crippen molar-refractivity contribution in [1.82, 2.24) is 0 Å². The number of hydrogen-bond acceptors (Lipinski definition) is 8. The van der Waals surface area contributed by atoms with Gasteiger partial charge in [-0.1, -0.05) is 26.7 Å². The zero-order valence-corrected chi connectivity index (χ0v) is 24.1. The van der Waals surface area contributed by atoms with Crippen molar-refractivity contribution in [2.45, 2.75) is 57.8 Å². The summed E-state index contributed by atoms with van der Waals surface area (Å²) in [5, 5.41) is 11.6. The minimum atomic E-state index is -1.53. The molecule has 0 aliphatic heterocycles. The van der Waals surface area contributed by atoms with Gasteiger partial charge in [0.15, 0.2) is 17.0 Å². The summed E-state index contributed by atoms with van der Waals surface area (Å²) in [5.74, 6) is -0.702. The van der Waals surface area contributed by atoms with Gasteiger partial charge in [-0.05, 0) is 56.0 Å². The van der Waals surface area contributed by atoms with Crippen molar-refractivity contribution >= 4 is 40.2 Å². The Morgan fingerprint density at radius 3 is 2.42 bits per heavy atom. The number of carbonyl (C=O) groups is 2. The summed E-state index contributed by atoms with van der Waals surface area (Å²) in [6, 6.07) is 8.02. The van der Waals surface area contributed by atoms with Gasteiger partial charge in [0.2, 0.25) is 0 Å². The number of carboxylic acid groups (broad SMARTS) is 1. The minimum Gasteiger partial charge on any atom is -0.542 e. The van der Waals surface area contributed by atoms with E-state index < -0.39 is 17.2 Å². The maximum absolute atomic E-state index is 12.3. The molecule has 0 aliphatic rings. The number of rotatable bonds is 12. The molecule has 36 heavy (non-hydrogen) atoms. The van der Waals surface area contributed by atoms with E-state index in [0.29, 0.717) is 41.0 Å². The van der Waals surface area contributed by atoms with Crippen LogP contribution in [0.4, 0.5) is 5.69 Å². The van der Waals surface area contributed by atoms with Crippen LogP contribution in [-0.2, 0) is 12.8 Å². The molecule has 0 fully saturated rings. The van der Waals surface area contributed by atoms with Gasteiger partial charge in [0.1, 0.15) is 17.3 Å². The number of thioether (sulfide) groups is 1. The van der Waals surface area contributed by atoms with E-state index >= 15 is 0 Å². The summed E-state index contributed by atoms with van der Waals surface area (Å²) < 4.78 is 11.5. The van der Waals surface area contributed by atoms with Crippen LogP contribution in [0.3, 0.4) is 0 Å². The maximum Gasteiger partial charge on any atom is 1.00 e. The molecule has 1 aromatic heterocycles. The van der Waals surface area contributed by atoms with E-state index in [1.54, 1.807) is 30.0 Å². The minimum absolute atomic E-state index is 0. The Kier molecular flexibility index (Phi) is 11.6. The van der Waals surface area contributed by atoms with Crippen LogP contribution in [0.15, 0.2) is 44.4 Å². The number of nitrogen functional groups attached to an aromatic ring is 1. The predicted octanol–water partition coefficient (Wildman–Crippen LogP) is 1.41. The van der Waals surface area contributed by atoms with Crippen LogP contribution in [-0.4, -0.2) is 24.1 Å². The Morgan fingerprint density at radius 2 is 1.78 bits per heavy atom. The van der Waals surface area contributed by atoms with E-state index in [9.17, 15) is 19.5 Å². The molecule has 0 aliphatic carbocycles. The summed E-state index contributed by atoms with van der Waals surface area (Å²) in [6.07, 6.45) is 3.82. The Bertz CT molecular complexity index is 1300. The van der Waals surface area contributed by atoms with Gasteiger partial charge in [0, 0.05) is 33.5 Å². The van der Waals surface area contributed by atoms with Crippen LogP contribution < -0.4 is 50.6 Å². The van der Waals surface area contributed by atoms with E-state index in [0.717, 1.165) is 48.0 Å². The molecule has 0 saturated carbocycles.